The van der Waals surface area contributed by atoms with Gasteiger partial charge >= 0.3 is 12.3 Å². The number of hydrogen-bond acceptors (Lipinski definition) is 4. The minimum absolute atomic E-state index is 0.249. The third-order valence-corrected chi connectivity index (χ3v) is 3.40. The summed E-state index contributed by atoms with van der Waals surface area (Å²) in [5, 5.41) is 4.89. The predicted molar refractivity (Wildman–Crippen MR) is 59.7 cm³/mol. The Balaban J connectivity index is 1.74. The van der Waals surface area contributed by atoms with Gasteiger partial charge in [0.25, 0.3) is 0 Å². The summed E-state index contributed by atoms with van der Waals surface area (Å²) < 4.78 is 46.4. The fourth-order valence-corrected chi connectivity index (χ4v) is 2.47. The first-order chi connectivity index (χ1) is 8.89. The van der Waals surface area contributed by atoms with Crippen molar-refractivity contribution in [3.63, 3.8) is 0 Å². The Hall–Kier alpha value is -1.02. The number of rotatable bonds is 2. The largest absolute Gasteiger partial charge is 0.444 e. The molecule has 0 radical (unpaired) electrons. The third kappa shape index (κ3) is 4.24. The summed E-state index contributed by atoms with van der Waals surface area (Å²) in [4.78, 5) is 11.2. The highest BCUT2D eigenvalue weighted by Crippen LogP contribution is 2.35. The Bertz CT molecular complexity index is 330. The van der Waals surface area contributed by atoms with Gasteiger partial charge in [-0.1, -0.05) is 0 Å². The van der Waals surface area contributed by atoms with Crippen molar-refractivity contribution in [1.29, 1.82) is 0 Å². The molecule has 0 aromatic carbocycles. The predicted octanol–water partition coefficient (Wildman–Crippen LogP) is 1.19. The Kier molecular flexibility index (Phi) is 4.19. The summed E-state index contributed by atoms with van der Waals surface area (Å²) in [7, 11) is 0. The fourth-order valence-electron chi connectivity index (χ4n) is 2.47. The lowest BCUT2D eigenvalue weighted by atomic mass is 9.89. The van der Waals surface area contributed by atoms with E-state index in [1.807, 2.05) is 0 Å². The lowest BCUT2D eigenvalue weighted by molar-refractivity contribution is -0.124. The molecule has 1 amide bonds. The van der Waals surface area contributed by atoms with E-state index >= 15 is 0 Å². The number of nitrogens with one attached hydrogen (secondary N) is 2. The van der Waals surface area contributed by atoms with Crippen LogP contribution in [0.4, 0.5) is 18.0 Å². The lowest BCUT2D eigenvalue weighted by Gasteiger charge is -2.32. The van der Waals surface area contributed by atoms with E-state index < -0.39 is 24.9 Å². The number of carbonyl (C=O) groups excluding carboxylic acids is 1. The van der Waals surface area contributed by atoms with Gasteiger partial charge < -0.3 is 20.1 Å². The first-order valence-electron chi connectivity index (χ1n) is 6.25. The molecule has 2 heterocycles. The van der Waals surface area contributed by atoms with Gasteiger partial charge in [-0.3, -0.25) is 0 Å². The summed E-state index contributed by atoms with van der Waals surface area (Å²) >= 11 is 0. The fraction of sp³-hybridized carbons (Fsp3) is 0.909. The second-order valence-corrected chi connectivity index (χ2v) is 4.94. The molecule has 19 heavy (non-hydrogen) atoms. The number of amides is 1. The maximum atomic E-state index is 11.9. The van der Waals surface area contributed by atoms with Crippen LogP contribution in [0.25, 0.3) is 0 Å². The van der Waals surface area contributed by atoms with Crippen LogP contribution in [0.3, 0.4) is 0 Å². The molecule has 1 spiro atoms. The molecule has 2 rings (SSSR count). The van der Waals surface area contributed by atoms with E-state index in [0.717, 1.165) is 25.9 Å². The second kappa shape index (κ2) is 5.54. The molecule has 110 valence electrons. The van der Waals surface area contributed by atoms with Crippen molar-refractivity contribution in [3.05, 3.63) is 0 Å². The Morgan fingerprint density at radius 2 is 2.11 bits per heavy atom. The van der Waals surface area contributed by atoms with Gasteiger partial charge in [0, 0.05) is 6.42 Å². The van der Waals surface area contributed by atoms with Gasteiger partial charge in [0.1, 0.15) is 12.6 Å². The van der Waals surface area contributed by atoms with Crippen molar-refractivity contribution in [3.8, 4) is 0 Å². The summed E-state index contributed by atoms with van der Waals surface area (Å²) in [6.07, 6.45) is -3.73. The van der Waals surface area contributed by atoms with Crippen LogP contribution in [0.1, 0.15) is 19.3 Å². The zero-order valence-electron chi connectivity index (χ0n) is 10.4. The molecule has 1 unspecified atom stereocenters. The number of halogens is 3. The van der Waals surface area contributed by atoms with Crippen LogP contribution in [0.2, 0.25) is 0 Å². The Labute approximate surface area is 108 Å². The van der Waals surface area contributed by atoms with Crippen molar-refractivity contribution in [2.75, 3.05) is 26.2 Å². The average Bonchev–Trinajstić information content (AvgIpc) is 2.70. The molecular formula is C11H17F3N2O3. The average molecular weight is 282 g/mol. The molecular weight excluding hydrogens is 265 g/mol. The van der Waals surface area contributed by atoms with Crippen LogP contribution in [0.15, 0.2) is 0 Å². The highest BCUT2D eigenvalue weighted by Gasteiger charge is 2.42. The zero-order valence-corrected chi connectivity index (χ0v) is 10.4. The van der Waals surface area contributed by atoms with Gasteiger partial charge in [-0.15, -0.1) is 0 Å². The minimum atomic E-state index is -4.43. The van der Waals surface area contributed by atoms with Crippen molar-refractivity contribution in [2.24, 2.45) is 0 Å². The molecule has 0 bridgehead atoms. The van der Waals surface area contributed by atoms with Gasteiger partial charge in [-0.05, 0) is 25.9 Å². The van der Waals surface area contributed by atoms with Crippen molar-refractivity contribution < 1.29 is 27.4 Å². The topological polar surface area (TPSA) is 59.6 Å². The summed E-state index contributed by atoms with van der Waals surface area (Å²) in [5.41, 5.74) is -0.278. The molecule has 5 nitrogen and oxygen atoms in total. The second-order valence-electron chi connectivity index (χ2n) is 4.94. The summed E-state index contributed by atoms with van der Waals surface area (Å²) in [5.74, 6) is 0. The molecule has 2 saturated heterocycles. The SMILES string of the molecule is O=C(NCC(F)(F)F)OC1COC2(CCNCC2)C1. The van der Waals surface area contributed by atoms with Gasteiger partial charge in [0.05, 0.1) is 12.2 Å². The zero-order chi connectivity index (χ0) is 13.9. The highest BCUT2D eigenvalue weighted by atomic mass is 19.4. The van der Waals surface area contributed by atoms with Crippen molar-refractivity contribution in [2.45, 2.75) is 37.1 Å². The van der Waals surface area contributed by atoms with E-state index in [1.54, 1.807) is 5.32 Å². The van der Waals surface area contributed by atoms with Crippen LogP contribution in [0.5, 0.6) is 0 Å². The maximum absolute atomic E-state index is 11.9. The number of alkyl carbamates (subject to hydrolysis) is 1. The van der Waals surface area contributed by atoms with Crippen LogP contribution in [-0.4, -0.2) is 50.2 Å². The minimum Gasteiger partial charge on any atom is -0.444 e. The van der Waals surface area contributed by atoms with Crippen molar-refractivity contribution >= 4 is 6.09 Å². The van der Waals surface area contributed by atoms with Crippen LogP contribution in [0, 0.1) is 0 Å². The highest BCUT2D eigenvalue weighted by molar-refractivity contribution is 5.67. The molecule has 2 aliphatic heterocycles. The normalized spacial score (nSPS) is 26.4. The van der Waals surface area contributed by atoms with E-state index in [0.29, 0.717) is 6.42 Å². The standard InChI is InChI=1S/C11H17F3N2O3/c12-11(13,14)7-16-9(17)19-8-5-10(18-6-8)1-3-15-4-2-10/h8,15H,1-7H2,(H,16,17). The van der Waals surface area contributed by atoms with E-state index in [2.05, 4.69) is 5.32 Å². The van der Waals surface area contributed by atoms with Gasteiger partial charge in [-0.2, -0.15) is 13.2 Å². The van der Waals surface area contributed by atoms with Gasteiger partial charge in [-0.25, -0.2) is 4.79 Å². The Morgan fingerprint density at radius 3 is 2.74 bits per heavy atom. The van der Waals surface area contributed by atoms with E-state index in [4.69, 9.17) is 9.47 Å². The molecule has 2 N–H and O–H groups in total. The smallest absolute Gasteiger partial charge is 0.407 e. The quantitative estimate of drug-likeness (QED) is 0.798. The number of alkyl halides is 3. The molecule has 1 atom stereocenters. The van der Waals surface area contributed by atoms with E-state index in [1.165, 1.54) is 0 Å². The van der Waals surface area contributed by atoms with Crippen LogP contribution in [-0.2, 0) is 9.47 Å². The van der Waals surface area contributed by atoms with E-state index in [-0.39, 0.29) is 12.2 Å². The van der Waals surface area contributed by atoms with E-state index in [9.17, 15) is 18.0 Å². The Morgan fingerprint density at radius 1 is 1.42 bits per heavy atom. The first kappa shape index (κ1) is 14.4. The number of hydrogen-bond donors (Lipinski definition) is 2. The van der Waals surface area contributed by atoms with Crippen LogP contribution >= 0.6 is 0 Å². The summed E-state index contributed by atoms with van der Waals surface area (Å²) in [6, 6.07) is 0. The number of ether oxygens (including phenoxy) is 2. The first-order valence-corrected chi connectivity index (χ1v) is 6.25. The molecule has 2 fully saturated rings. The monoisotopic (exact) mass is 282 g/mol. The third-order valence-electron chi connectivity index (χ3n) is 3.40. The molecule has 0 aliphatic carbocycles. The maximum Gasteiger partial charge on any atom is 0.407 e. The molecule has 0 aromatic heterocycles. The summed E-state index contributed by atoms with van der Waals surface area (Å²) in [6.45, 7) is 0.549. The molecule has 0 aromatic rings. The molecule has 0 saturated carbocycles. The lowest BCUT2D eigenvalue weighted by Crippen LogP contribution is -2.42. The van der Waals surface area contributed by atoms with Crippen molar-refractivity contribution in [1.82, 2.24) is 10.6 Å². The number of carbonyl (C=O) groups is 1. The number of piperidine rings is 1. The van der Waals surface area contributed by atoms with Gasteiger partial charge in [0.2, 0.25) is 0 Å². The van der Waals surface area contributed by atoms with Gasteiger partial charge in [0.15, 0.2) is 0 Å². The van der Waals surface area contributed by atoms with Crippen LogP contribution < -0.4 is 10.6 Å². The molecule has 2 aliphatic rings. The molecule has 8 heteroatoms.